The van der Waals surface area contributed by atoms with E-state index in [2.05, 4.69) is 64.1 Å². The SMILES string of the molecule is C#CCNC(O)CNC(=O)CN(C1CCN(C(C)c2cccc(-c3cccs3)c2)CC1)S(C)(=O)=O. The van der Waals surface area contributed by atoms with Gasteiger partial charge >= 0.3 is 0 Å². The van der Waals surface area contributed by atoms with Crippen LogP contribution in [0.4, 0.5) is 0 Å². The maximum absolute atomic E-state index is 12.5. The van der Waals surface area contributed by atoms with Crippen LogP contribution in [0, 0.1) is 12.3 Å². The number of carbonyl (C=O) groups excluding carboxylic acids is 1. The zero-order valence-corrected chi connectivity index (χ0v) is 21.8. The number of terminal acetylenes is 1. The Morgan fingerprint density at radius 3 is 2.69 bits per heavy atom. The summed E-state index contributed by atoms with van der Waals surface area (Å²) in [6.07, 6.45) is 6.55. The molecule has 3 rings (SSSR count). The average Bonchev–Trinajstić information content (AvgIpc) is 3.39. The molecule has 2 heterocycles. The summed E-state index contributed by atoms with van der Waals surface area (Å²) < 4.78 is 26.2. The Balaban J connectivity index is 1.57. The van der Waals surface area contributed by atoms with Crippen molar-refractivity contribution in [2.45, 2.75) is 38.1 Å². The maximum atomic E-state index is 12.5. The number of sulfonamides is 1. The van der Waals surface area contributed by atoms with Gasteiger partial charge in [0.1, 0.15) is 6.23 Å². The molecule has 10 heteroatoms. The third kappa shape index (κ3) is 7.87. The first kappa shape index (κ1) is 27.3. The normalized spacial score (nSPS) is 17.1. The summed E-state index contributed by atoms with van der Waals surface area (Å²) >= 11 is 1.72. The molecule has 1 saturated heterocycles. The van der Waals surface area contributed by atoms with Gasteiger partial charge in [0, 0.05) is 30.1 Å². The van der Waals surface area contributed by atoms with E-state index in [4.69, 9.17) is 6.42 Å². The molecule has 2 atom stereocenters. The summed E-state index contributed by atoms with van der Waals surface area (Å²) in [4.78, 5) is 16.0. The zero-order valence-electron chi connectivity index (χ0n) is 20.2. The molecular formula is C25H34N4O4S2. The topological polar surface area (TPSA) is 102 Å². The number of likely N-dealkylation sites (tertiary alicyclic amines) is 1. The highest BCUT2D eigenvalue weighted by molar-refractivity contribution is 7.88. The summed E-state index contributed by atoms with van der Waals surface area (Å²) in [5.74, 6) is 1.88. The number of aliphatic hydroxyl groups excluding tert-OH is 1. The third-order valence-corrected chi connectivity index (χ3v) is 8.48. The van der Waals surface area contributed by atoms with Gasteiger partial charge in [-0.1, -0.05) is 30.2 Å². The van der Waals surface area contributed by atoms with E-state index in [1.807, 2.05) is 6.07 Å². The Hall–Kier alpha value is -2.26. The minimum atomic E-state index is -3.58. The predicted molar refractivity (Wildman–Crippen MR) is 140 cm³/mol. The van der Waals surface area contributed by atoms with Gasteiger partial charge in [-0.15, -0.1) is 17.8 Å². The first-order valence-electron chi connectivity index (χ1n) is 11.7. The second-order valence-corrected chi connectivity index (χ2v) is 11.6. The number of nitrogens with zero attached hydrogens (tertiary/aromatic N) is 2. The van der Waals surface area contributed by atoms with E-state index in [1.54, 1.807) is 11.3 Å². The molecular weight excluding hydrogens is 484 g/mol. The molecule has 1 aromatic heterocycles. The molecule has 0 bridgehead atoms. The number of piperidine rings is 1. The first-order valence-corrected chi connectivity index (χ1v) is 14.4. The second kappa shape index (κ2) is 12.6. The van der Waals surface area contributed by atoms with Gasteiger partial charge in [-0.2, -0.15) is 4.31 Å². The van der Waals surface area contributed by atoms with Crippen LogP contribution in [0.1, 0.15) is 31.4 Å². The molecule has 0 saturated carbocycles. The van der Waals surface area contributed by atoms with E-state index in [0.29, 0.717) is 12.8 Å². The monoisotopic (exact) mass is 518 g/mol. The summed E-state index contributed by atoms with van der Waals surface area (Å²) in [6.45, 7) is 3.48. The number of aliphatic hydroxyl groups is 1. The largest absolute Gasteiger partial charge is 0.377 e. The standard InChI is InChI=1S/C25H34N4O4S2/c1-4-12-26-24(30)17-27-25(31)18-29(35(3,32)33)22-10-13-28(14-11-22)19(2)20-7-5-8-21(16-20)23-9-6-15-34-23/h1,5-9,15-16,19,22,24,26,30H,10-14,17-18H2,2-3H3,(H,27,31). The van der Waals surface area contributed by atoms with Gasteiger partial charge in [-0.25, -0.2) is 8.42 Å². The van der Waals surface area contributed by atoms with Gasteiger partial charge in [0.05, 0.1) is 25.9 Å². The van der Waals surface area contributed by atoms with Gasteiger partial charge in [0.2, 0.25) is 15.9 Å². The van der Waals surface area contributed by atoms with E-state index in [0.717, 1.165) is 19.3 Å². The molecule has 1 aliphatic heterocycles. The van der Waals surface area contributed by atoms with Crippen molar-refractivity contribution < 1.29 is 18.3 Å². The first-order chi connectivity index (χ1) is 16.7. The quantitative estimate of drug-likeness (QED) is 0.310. The molecule has 0 radical (unpaired) electrons. The van der Waals surface area contributed by atoms with Gasteiger partial charge < -0.3 is 10.4 Å². The van der Waals surface area contributed by atoms with Crippen LogP contribution in [0.2, 0.25) is 0 Å². The van der Waals surface area contributed by atoms with Crippen molar-refractivity contribution in [3.63, 3.8) is 0 Å². The van der Waals surface area contributed by atoms with Crippen LogP contribution in [0.5, 0.6) is 0 Å². The lowest BCUT2D eigenvalue weighted by molar-refractivity contribution is -0.122. The van der Waals surface area contributed by atoms with Crippen molar-refractivity contribution in [1.82, 2.24) is 19.8 Å². The molecule has 1 aliphatic rings. The number of nitrogens with one attached hydrogen (secondary N) is 2. The zero-order chi connectivity index (χ0) is 25.4. The van der Waals surface area contributed by atoms with Gasteiger partial charge in [0.15, 0.2) is 0 Å². The fourth-order valence-corrected chi connectivity index (χ4v) is 6.17. The predicted octanol–water partition coefficient (Wildman–Crippen LogP) is 1.86. The van der Waals surface area contributed by atoms with E-state index in [-0.39, 0.29) is 31.7 Å². The molecule has 2 aromatic rings. The van der Waals surface area contributed by atoms with Gasteiger partial charge in [-0.05, 0) is 48.4 Å². The molecule has 1 aromatic carbocycles. The van der Waals surface area contributed by atoms with E-state index < -0.39 is 22.2 Å². The van der Waals surface area contributed by atoms with Gasteiger partial charge in [0.25, 0.3) is 0 Å². The molecule has 35 heavy (non-hydrogen) atoms. The number of rotatable bonds is 11. The van der Waals surface area contributed by atoms with Crippen molar-refractivity contribution in [2.75, 3.05) is 39.0 Å². The highest BCUT2D eigenvalue weighted by Gasteiger charge is 2.33. The Labute approximate surface area is 212 Å². The van der Waals surface area contributed by atoms with Crippen molar-refractivity contribution in [1.29, 1.82) is 0 Å². The maximum Gasteiger partial charge on any atom is 0.235 e. The molecule has 8 nitrogen and oxygen atoms in total. The summed E-state index contributed by atoms with van der Waals surface area (Å²) in [6, 6.07) is 12.7. The lowest BCUT2D eigenvalue weighted by Crippen LogP contribution is -2.51. The van der Waals surface area contributed by atoms with Crippen LogP contribution in [0.15, 0.2) is 41.8 Å². The molecule has 0 spiro atoms. The summed E-state index contributed by atoms with van der Waals surface area (Å²) in [5, 5.41) is 17.0. The molecule has 3 N–H and O–H groups in total. The lowest BCUT2D eigenvalue weighted by atomic mass is 9.98. The minimum absolute atomic E-state index is 0.0569. The highest BCUT2D eigenvalue weighted by Crippen LogP contribution is 2.31. The van der Waals surface area contributed by atoms with Crippen LogP contribution < -0.4 is 10.6 Å². The van der Waals surface area contributed by atoms with Crippen LogP contribution in [-0.2, 0) is 14.8 Å². The van der Waals surface area contributed by atoms with E-state index in [9.17, 15) is 18.3 Å². The number of amides is 1. The molecule has 0 aliphatic carbocycles. The highest BCUT2D eigenvalue weighted by atomic mass is 32.2. The number of carbonyl (C=O) groups is 1. The summed E-state index contributed by atoms with van der Waals surface area (Å²) in [7, 11) is -3.58. The van der Waals surface area contributed by atoms with Gasteiger partial charge in [-0.3, -0.25) is 15.0 Å². The average molecular weight is 519 g/mol. The minimum Gasteiger partial charge on any atom is -0.377 e. The van der Waals surface area contributed by atoms with Crippen LogP contribution in [-0.4, -0.2) is 79.9 Å². The molecule has 190 valence electrons. The third-order valence-electron chi connectivity index (χ3n) is 6.29. The van der Waals surface area contributed by atoms with Crippen molar-refractivity contribution in [3.05, 3.63) is 47.3 Å². The molecule has 1 fully saturated rings. The van der Waals surface area contributed by atoms with Crippen molar-refractivity contribution in [3.8, 4) is 22.8 Å². The lowest BCUT2D eigenvalue weighted by Gasteiger charge is -2.39. The Morgan fingerprint density at radius 1 is 1.31 bits per heavy atom. The Morgan fingerprint density at radius 2 is 2.06 bits per heavy atom. The molecule has 2 unspecified atom stereocenters. The van der Waals surface area contributed by atoms with Crippen LogP contribution in [0.3, 0.4) is 0 Å². The van der Waals surface area contributed by atoms with E-state index in [1.165, 1.54) is 20.3 Å². The van der Waals surface area contributed by atoms with Crippen molar-refractivity contribution >= 4 is 27.3 Å². The Kier molecular flexibility index (Phi) is 9.86. The van der Waals surface area contributed by atoms with Crippen molar-refractivity contribution in [2.24, 2.45) is 0 Å². The smallest absolute Gasteiger partial charge is 0.235 e. The van der Waals surface area contributed by atoms with E-state index >= 15 is 0 Å². The second-order valence-electron chi connectivity index (χ2n) is 8.76. The summed E-state index contributed by atoms with van der Waals surface area (Å²) in [5.41, 5.74) is 2.43. The number of thiophene rings is 1. The van der Waals surface area contributed by atoms with Crippen LogP contribution >= 0.6 is 11.3 Å². The number of hydrogen-bond donors (Lipinski definition) is 3. The fourth-order valence-electron chi connectivity index (χ4n) is 4.34. The fraction of sp³-hybridized carbons (Fsp3) is 0.480. The number of benzene rings is 1. The van der Waals surface area contributed by atoms with Crippen LogP contribution in [0.25, 0.3) is 10.4 Å². The number of hydrogen-bond acceptors (Lipinski definition) is 7. The molecule has 1 amide bonds. The Bertz CT molecular complexity index is 1110.